The topological polar surface area (TPSA) is 44.8 Å². The van der Waals surface area contributed by atoms with Crippen molar-refractivity contribution in [3.63, 3.8) is 0 Å². The normalized spacial score (nSPS) is 19.8. The third kappa shape index (κ3) is 6.57. The molecule has 2 saturated heterocycles. The average Bonchev–Trinajstić information content (AvgIpc) is 2.85. The molecule has 2 aromatic rings. The van der Waals surface area contributed by atoms with E-state index in [0.717, 1.165) is 38.3 Å². The number of likely N-dealkylation sites (N-methyl/N-ethyl adjacent to an activating group) is 1. The Hall–Kier alpha value is -2.37. The van der Waals surface area contributed by atoms with E-state index >= 15 is 0 Å². The number of hydrogen-bond donors (Lipinski definition) is 1. The first-order valence-corrected chi connectivity index (χ1v) is 12.2. The predicted molar refractivity (Wildman–Crippen MR) is 131 cm³/mol. The Morgan fingerprint density at radius 3 is 2.47 bits per heavy atom. The second kappa shape index (κ2) is 11.5. The van der Waals surface area contributed by atoms with Crippen molar-refractivity contribution >= 4 is 17.3 Å². The van der Waals surface area contributed by atoms with Crippen molar-refractivity contribution in [3.05, 3.63) is 60.2 Å². The fourth-order valence-corrected chi connectivity index (χ4v) is 4.87. The lowest BCUT2D eigenvalue weighted by Crippen LogP contribution is -2.46. The van der Waals surface area contributed by atoms with Crippen LogP contribution < -0.4 is 10.2 Å². The molecule has 2 heterocycles. The number of carbonyl (C=O) groups excluding carboxylic acids is 1. The van der Waals surface area contributed by atoms with Crippen LogP contribution in [0.3, 0.4) is 0 Å². The Labute approximate surface area is 192 Å². The molecule has 2 aliphatic rings. The summed E-state index contributed by atoms with van der Waals surface area (Å²) in [4.78, 5) is 17.3. The monoisotopic (exact) mass is 435 g/mol. The first kappa shape index (κ1) is 22.8. The van der Waals surface area contributed by atoms with Crippen molar-refractivity contribution in [1.29, 1.82) is 0 Å². The van der Waals surface area contributed by atoms with Gasteiger partial charge in [-0.2, -0.15) is 0 Å². The van der Waals surface area contributed by atoms with Gasteiger partial charge in [0.05, 0.1) is 6.10 Å². The molecule has 172 valence electrons. The van der Waals surface area contributed by atoms with E-state index in [0.29, 0.717) is 18.6 Å². The minimum Gasteiger partial charge on any atom is -0.377 e. The molecule has 0 saturated carbocycles. The number of piperidine rings is 1. The molecule has 2 fully saturated rings. The lowest BCUT2D eigenvalue weighted by atomic mass is 10.0. The van der Waals surface area contributed by atoms with Gasteiger partial charge in [0.2, 0.25) is 5.91 Å². The fraction of sp³-hybridized carbons (Fsp3) is 0.519. The van der Waals surface area contributed by atoms with Crippen LogP contribution in [-0.2, 0) is 16.0 Å². The Balaban J connectivity index is 1.20. The summed E-state index contributed by atoms with van der Waals surface area (Å²) in [5.74, 6) is 0.0624. The van der Waals surface area contributed by atoms with Crippen LogP contribution in [0, 0.1) is 0 Å². The maximum atomic E-state index is 12.3. The Bertz CT molecular complexity index is 826. The quantitative estimate of drug-likeness (QED) is 0.651. The molecule has 1 N–H and O–H groups in total. The first-order chi connectivity index (χ1) is 15.7. The molecule has 0 spiro atoms. The predicted octanol–water partition coefficient (Wildman–Crippen LogP) is 4.73. The standard InChI is InChI=1S/C27H37N3O2/c1-29(21-26-9-5-6-20-32-26)24-16-18-30(19-17-24)25-13-11-23(12-14-25)28-27(31)15-10-22-7-3-2-4-8-22/h2-4,7-8,11-14,24,26H,5-6,9-10,15-21H2,1H3,(H,28,31)/t26-/m1/s1. The highest BCUT2D eigenvalue weighted by atomic mass is 16.5. The highest BCUT2D eigenvalue weighted by molar-refractivity contribution is 5.91. The summed E-state index contributed by atoms with van der Waals surface area (Å²) in [6.07, 6.45) is 7.78. The molecule has 0 bridgehead atoms. The van der Waals surface area contributed by atoms with Crippen LogP contribution in [0.4, 0.5) is 11.4 Å². The minimum absolute atomic E-state index is 0.0624. The van der Waals surface area contributed by atoms with Crippen LogP contribution in [0.1, 0.15) is 44.1 Å². The van der Waals surface area contributed by atoms with Crippen LogP contribution in [0.15, 0.2) is 54.6 Å². The van der Waals surface area contributed by atoms with Crippen molar-refractivity contribution in [2.75, 3.05) is 43.5 Å². The number of nitrogens with one attached hydrogen (secondary N) is 1. The summed E-state index contributed by atoms with van der Waals surface area (Å²) in [5.41, 5.74) is 3.30. The van der Waals surface area contributed by atoms with E-state index in [2.05, 4.69) is 46.4 Å². The number of nitrogens with zero attached hydrogens (tertiary/aromatic N) is 2. The molecule has 2 aliphatic heterocycles. The number of hydrogen-bond acceptors (Lipinski definition) is 4. The highest BCUT2D eigenvalue weighted by Crippen LogP contribution is 2.25. The zero-order chi connectivity index (χ0) is 22.2. The number of carbonyl (C=O) groups is 1. The highest BCUT2D eigenvalue weighted by Gasteiger charge is 2.25. The van der Waals surface area contributed by atoms with E-state index in [1.165, 1.54) is 43.4 Å². The molecule has 4 rings (SSSR count). The van der Waals surface area contributed by atoms with Crippen LogP contribution >= 0.6 is 0 Å². The van der Waals surface area contributed by atoms with Gasteiger partial charge >= 0.3 is 0 Å². The molecule has 0 aliphatic carbocycles. The first-order valence-electron chi connectivity index (χ1n) is 12.2. The van der Waals surface area contributed by atoms with Gasteiger partial charge in [0, 0.05) is 50.1 Å². The SMILES string of the molecule is CN(C[C@H]1CCCCO1)C1CCN(c2ccc(NC(=O)CCc3ccccc3)cc2)CC1. The zero-order valence-electron chi connectivity index (χ0n) is 19.3. The molecule has 1 amide bonds. The van der Waals surface area contributed by atoms with Gasteiger partial charge in [-0.1, -0.05) is 30.3 Å². The van der Waals surface area contributed by atoms with E-state index < -0.39 is 0 Å². The van der Waals surface area contributed by atoms with Crippen molar-refractivity contribution in [3.8, 4) is 0 Å². The van der Waals surface area contributed by atoms with Crippen molar-refractivity contribution < 1.29 is 9.53 Å². The van der Waals surface area contributed by atoms with E-state index in [9.17, 15) is 4.79 Å². The summed E-state index contributed by atoms with van der Waals surface area (Å²) in [5, 5.41) is 3.03. The molecule has 5 heteroatoms. The van der Waals surface area contributed by atoms with E-state index in [-0.39, 0.29) is 5.91 Å². The summed E-state index contributed by atoms with van der Waals surface area (Å²) >= 11 is 0. The number of amides is 1. The summed E-state index contributed by atoms with van der Waals surface area (Å²) in [6, 6.07) is 19.1. The van der Waals surface area contributed by atoms with Gasteiger partial charge in [0.15, 0.2) is 0 Å². The number of benzene rings is 2. The third-order valence-electron chi connectivity index (χ3n) is 6.85. The number of rotatable bonds is 8. The third-order valence-corrected chi connectivity index (χ3v) is 6.85. The molecule has 5 nitrogen and oxygen atoms in total. The van der Waals surface area contributed by atoms with Gasteiger partial charge in [-0.25, -0.2) is 0 Å². The van der Waals surface area contributed by atoms with Crippen LogP contribution in [-0.4, -0.2) is 56.2 Å². The molecule has 0 unspecified atom stereocenters. The van der Waals surface area contributed by atoms with Crippen LogP contribution in [0.25, 0.3) is 0 Å². The van der Waals surface area contributed by atoms with Gasteiger partial charge in [0.1, 0.15) is 0 Å². The van der Waals surface area contributed by atoms with Gasteiger partial charge in [-0.15, -0.1) is 0 Å². The van der Waals surface area contributed by atoms with Crippen LogP contribution in [0.2, 0.25) is 0 Å². The molecule has 0 radical (unpaired) electrons. The molecular formula is C27H37N3O2. The lowest BCUT2D eigenvalue weighted by molar-refractivity contribution is -0.116. The maximum Gasteiger partial charge on any atom is 0.224 e. The number of ether oxygens (including phenoxy) is 1. The molecule has 1 atom stereocenters. The lowest BCUT2D eigenvalue weighted by Gasteiger charge is -2.39. The van der Waals surface area contributed by atoms with Crippen molar-refractivity contribution in [2.24, 2.45) is 0 Å². The van der Waals surface area contributed by atoms with E-state index in [1.54, 1.807) is 0 Å². The van der Waals surface area contributed by atoms with E-state index in [1.807, 2.05) is 30.3 Å². The summed E-state index contributed by atoms with van der Waals surface area (Å²) < 4.78 is 5.92. The second-order valence-electron chi connectivity index (χ2n) is 9.23. The number of aryl methyl sites for hydroxylation is 1. The zero-order valence-corrected chi connectivity index (χ0v) is 19.3. The Kier molecular flexibility index (Phi) is 8.18. The van der Waals surface area contributed by atoms with Crippen LogP contribution in [0.5, 0.6) is 0 Å². The van der Waals surface area contributed by atoms with Crippen molar-refractivity contribution in [2.45, 2.75) is 57.1 Å². The smallest absolute Gasteiger partial charge is 0.224 e. The van der Waals surface area contributed by atoms with Gasteiger partial charge in [-0.3, -0.25) is 4.79 Å². The Morgan fingerprint density at radius 1 is 1.03 bits per heavy atom. The Morgan fingerprint density at radius 2 is 1.78 bits per heavy atom. The van der Waals surface area contributed by atoms with Gasteiger partial charge < -0.3 is 19.9 Å². The van der Waals surface area contributed by atoms with Gasteiger partial charge in [0.25, 0.3) is 0 Å². The summed E-state index contributed by atoms with van der Waals surface area (Å²) in [7, 11) is 2.26. The maximum absolute atomic E-state index is 12.3. The molecule has 0 aromatic heterocycles. The fourth-order valence-electron chi connectivity index (χ4n) is 4.87. The van der Waals surface area contributed by atoms with E-state index in [4.69, 9.17) is 4.74 Å². The minimum atomic E-state index is 0.0624. The largest absolute Gasteiger partial charge is 0.377 e. The molecular weight excluding hydrogens is 398 g/mol. The van der Waals surface area contributed by atoms with Crippen molar-refractivity contribution in [1.82, 2.24) is 4.90 Å². The molecule has 32 heavy (non-hydrogen) atoms. The second-order valence-corrected chi connectivity index (χ2v) is 9.23. The molecule has 2 aromatic carbocycles. The van der Waals surface area contributed by atoms with Gasteiger partial charge in [-0.05, 0) is 75.4 Å². The average molecular weight is 436 g/mol. The summed E-state index contributed by atoms with van der Waals surface area (Å²) in [6.45, 7) is 4.14. The number of anilines is 2.